The van der Waals surface area contributed by atoms with Crippen LogP contribution in [0.2, 0.25) is 0 Å². The lowest BCUT2D eigenvalue weighted by molar-refractivity contribution is -0.114. The molecule has 2 aliphatic rings. The fourth-order valence-corrected chi connectivity index (χ4v) is 5.27. The topological polar surface area (TPSA) is 17.1 Å². The average molecular weight is 268 g/mol. The molecule has 20 heavy (non-hydrogen) atoms. The summed E-state index contributed by atoms with van der Waals surface area (Å²) in [6.45, 7) is 11.5. The molecule has 2 bridgehead atoms. The summed E-state index contributed by atoms with van der Waals surface area (Å²) in [6.07, 6.45) is 1.22. The van der Waals surface area contributed by atoms with Crippen molar-refractivity contribution < 1.29 is 4.79 Å². The number of benzene rings is 1. The van der Waals surface area contributed by atoms with Crippen LogP contribution in [0.1, 0.15) is 46.1 Å². The van der Waals surface area contributed by atoms with Gasteiger partial charge in [-0.2, -0.15) is 0 Å². The minimum atomic E-state index is 0.0150. The number of aldehydes is 1. The van der Waals surface area contributed by atoms with E-state index in [2.05, 4.69) is 58.9 Å². The zero-order valence-corrected chi connectivity index (χ0v) is 13.1. The average Bonchev–Trinajstić information content (AvgIpc) is 2.72. The summed E-state index contributed by atoms with van der Waals surface area (Å²) >= 11 is 0. The molecule has 1 fully saturated rings. The molecular formula is C19H24O. The zero-order chi connectivity index (χ0) is 14.7. The second-order valence-corrected chi connectivity index (χ2v) is 7.09. The van der Waals surface area contributed by atoms with E-state index in [0.717, 1.165) is 0 Å². The van der Waals surface area contributed by atoms with Crippen molar-refractivity contribution >= 4 is 6.29 Å². The van der Waals surface area contributed by atoms with Crippen molar-refractivity contribution in [1.29, 1.82) is 0 Å². The molecule has 0 saturated heterocycles. The summed E-state index contributed by atoms with van der Waals surface area (Å²) in [7, 11) is 0. The van der Waals surface area contributed by atoms with Crippen LogP contribution in [-0.4, -0.2) is 6.29 Å². The highest BCUT2D eigenvalue weighted by Crippen LogP contribution is 2.74. The Hall–Kier alpha value is -1.37. The van der Waals surface area contributed by atoms with Gasteiger partial charge in [0.2, 0.25) is 0 Å². The minimum absolute atomic E-state index is 0.0150. The number of carbonyl (C=O) groups is 1. The van der Waals surface area contributed by atoms with E-state index in [9.17, 15) is 4.79 Å². The molecule has 1 saturated carbocycles. The van der Waals surface area contributed by atoms with Crippen molar-refractivity contribution in [2.75, 3.05) is 0 Å². The van der Waals surface area contributed by atoms with E-state index in [1.165, 1.54) is 23.0 Å². The van der Waals surface area contributed by atoms with Gasteiger partial charge in [-0.25, -0.2) is 0 Å². The standard InChI is InChI=1S/C19H24O/c1-12-13(2)19(5)14(3)18(12,4)16(11-20)17(19)15-9-7-6-8-10-15/h6-11,14,16-17H,1-5H3/t14?,16?,17?,18-,19?/m1/s1. The molecule has 1 aromatic rings. The molecule has 1 aromatic carbocycles. The lowest BCUT2D eigenvalue weighted by Gasteiger charge is -2.39. The molecule has 1 nitrogen and oxygen atoms in total. The van der Waals surface area contributed by atoms with E-state index in [1.807, 2.05) is 6.07 Å². The number of hydrogen-bond donors (Lipinski definition) is 0. The van der Waals surface area contributed by atoms with Crippen molar-refractivity contribution in [2.24, 2.45) is 22.7 Å². The maximum Gasteiger partial charge on any atom is 0.124 e. The molecule has 3 rings (SSSR count). The fraction of sp³-hybridized carbons (Fsp3) is 0.526. The molecular weight excluding hydrogens is 244 g/mol. The number of rotatable bonds is 2. The smallest absolute Gasteiger partial charge is 0.124 e. The van der Waals surface area contributed by atoms with Crippen molar-refractivity contribution in [2.45, 2.75) is 40.5 Å². The highest BCUT2D eigenvalue weighted by molar-refractivity contribution is 5.65. The first-order valence-corrected chi connectivity index (χ1v) is 7.58. The largest absolute Gasteiger partial charge is 0.303 e. The van der Waals surface area contributed by atoms with Crippen LogP contribution in [0, 0.1) is 22.7 Å². The molecule has 0 N–H and O–H groups in total. The SMILES string of the molecule is CC1=C(C)[C@@]2(C)C(C=O)C(c3ccccc3)C1(C)C2C. The Bertz CT molecular complexity index is 585. The van der Waals surface area contributed by atoms with Crippen LogP contribution in [0.15, 0.2) is 41.5 Å². The third-order valence-electron chi connectivity index (χ3n) is 6.98. The Morgan fingerprint density at radius 2 is 1.55 bits per heavy atom. The molecule has 0 amide bonds. The van der Waals surface area contributed by atoms with E-state index < -0.39 is 0 Å². The van der Waals surface area contributed by atoms with Crippen LogP contribution in [-0.2, 0) is 4.79 Å². The van der Waals surface area contributed by atoms with E-state index in [4.69, 9.17) is 0 Å². The third kappa shape index (κ3) is 1.27. The molecule has 1 heteroatoms. The molecule has 2 aliphatic carbocycles. The Morgan fingerprint density at radius 3 is 2.10 bits per heavy atom. The monoisotopic (exact) mass is 268 g/mol. The second kappa shape index (κ2) is 4.07. The maximum absolute atomic E-state index is 11.9. The lowest BCUT2D eigenvalue weighted by Crippen LogP contribution is -2.33. The Kier molecular flexibility index (Phi) is 2.77. The number of fused-ring (bicyclic) bond motifs is 2. The first kappa shape index (κ1) is 13.6. The fourth-order valence-electron chi connectivity index (χ4n) is 5.27. The van der Waals surface area contributed by atoms with Crippen LogP contribution >= 0.6 is 0 Å². The summed E-state index contributed by atoms with van der Waals surface area (Å²) in [5.41, 5.74) is 4.37. The van der Waals surface area contributed by atoms with Crippen LogP contribution in [0.4, 0.5) is 0 Å². The summed E-state index contributed by atoms with van der Waals surface area (Å²) in [5, 5.41) is 0. The molecule has 0 radical (unpaired) electrons. The molecule has 0 heterocycles. The minimum Gasteiger partial charge on any atom is -0.303 e. The zero-order valence-electron chi connectivity index (χ0n) is 13.1. The number of allylic oxidation sites excluding steroid dienone is 2. The van der Waals surface area contributed by atoms with Gasteiger partial charge in [-0.15, -0.1) is 0 Å². The first-order valence-electron chi connectivity index (χ1n) is 7.58. The molecule has 0 aromatic heterocycles. The number of hydrogen-bond acceptors (Lipinski definition) is 1. The molecule has 0 aliphatic heterocycles. The summed E-state index contributed by atoms with van der Waals surface area (Å²) in [4.78, 5) is 11.9. The van der Waals surface area contributed by atoms with Gasteiger partial charge in [0, 0.05) is 17.3 Å². The van der Waals surface area contributed by atoms with Gasteiger partial charge in [-0.05, 0) is 30.7 Å². The maximum atomic E-state index is 11.9. The van der Waals surface area contributed by atoms with Crippen molar-refractivity contribution in [1.82, 2.24) is 0 Å². The highest BCUT2D eigenvalue weighted by Gasteiger charge is 2.67. The Morgan fingerprint density at radius 1 is 1.00 bits per heavy atom. The van der Waals surface area contributed by atoms with Crippen molar-refractivity contribution in [3.8, 4) is 0 Å². The van der Waals surface area contributed by atoms with E-state index in [-0.39, 0.29) is 16.7 Å². The lowest BCUT2D eigenvalue weighted by atomic mass is 9.63. The highest BCUT2D eigenvalue weighted by atomic mass is 16.1. The van der Waals surface area contributed by atoms with Crippen LogP contribution < -0.4 is 0 Å². The van der Waals surface area contributed by atoms with E-state index in [0.29, 0.717) is 11.8 Å². The molecule has 5 atom stereocenters. The van der Waals surface area contributed by atoms with Gasteiger partial charge in [-0.3, -0.25) is 0 Å². The summed E-state index contributed by atoms with van der Waals surface area (Å²) in [5.74, 6) is 0.911. The Balaban J connectivity index is 2.25. The predicted octanol–water partition coefficient (Wildman–Crippen LogP) is 4.60. The summed E-state index contributed by atoms with van der Waals surface area (Å²) in [6, 6.07) is 10.6. The number of carbonyl (C=O) groups excluding carboxylic acids is 1. The van der Waals surface area contributed by atoms with Crippen LogP contribution in [0.5, 0.6) is 0 Å². The Labute approximate surface area is 122 Å². The normalized spacial score (nSPS) is 43.1. The van der Waals surface area contributed by atoms with Gasteiger partial charge in [0.15, 0.2) is 0 Å². The summed E-state index contributed by atoms with van der Waals surface area (Å²) < 4.78 is 0. The molecule has 0 spiro atoms. The van der Waals surface area contributed by atoms with Crippen LogP contribution in [0.25, 0.3) is 0 Å². The molecule has 4 unspecified atom stereocenters. The van der Waals surface area contributed by atoms with E-state index in [1.54, 1.807) is 0 Å². The van der Waals surface area contributed by atoms with Crippen molar-refractivity contribution in [3.05, 3.63) is 47.0 Å². The van der Waals surface area contributed by atoms with Gasteiger partial charge in [-0.1, -0.05) is 62.2 Å². The van der Waals surface area contributed by atoms with Gasteiger partial charge in [0.25, 0.3) is 0 Å². The van der Waals surface area contributed by atoms with Gasteiger partial charge in [0.1, 0.15) is 6.29 Å². The molecule has 106 valence electrons. The van der Waals surface area contributed by atoms with Gasteiger partial charge >= 0.3 is 0 Å². The van der Waals surface area contributed by atoms with Gasteiger partial charge < -0.3 is 4.79 Å². The second-order valence-electron chi connectivity index (χ2n) is 7.09. The van der Waals surface area contributed by atoms with Gasteiger partial charge in [0.05, 0.1) is 0 Å². The predicted molar refractivity (Wildman–Crippen MR) is 82.5 cm³/mol. The quantitative estimate of drug-likeness (QED) is 0.566. The van der Waals surface area contributed by atoms with Crippen LogP contribution in [0.3, 0.4) is 0 Å². The van der Waals surface area contributed by atoms with Crippen molar-refractivity contribution in [3.63, 3.8) is 0 Å². The third-order valence-corrected chi connectivity index (χ3v) is 6.98. The van der Waals surface area contributed by atoms with E-state index >= 15 is 0 Å². The first-order chi connectivity index (χ1) is 9.40.